The van der Waals surface area contributed by atoms with Crippen LogP contribution in [0.2, 0.25) is 0 Å². The predicted molar refractivity (Wildman–Crippen MR) is 98.6 cm³/mol. The van der Waals surface area contributed by atoms with Gasteiger partial charge in [-0.15, -0.1) is 0 Å². The van der Waals surface area contributed by atoms with Crippen molar-refractivity contribution in [2.75, 3.05) is 34.8 Å². The Morgan fingerprint density at radius 1 is 1.05 bits per heavy atom. The van der Waals surface area contributed by atoms with Crippen molar-refractivity contribution in [2.24, 2.45) is 0 Å². The number of carbonyl (C=O) groups excluding carboxylic acids is 2. The van der Waals surface area contributed by atoms with Crippen LogP contribution in [0.15, 0.2) is 22.2 Å². The molecular formula is C14H22N2O3S3. The molecule has 0 radical (unpaired) electrons. The Morgan fingerprint density at radius 3 is 1.91 bits per heavy atom. The highest BCUT2D eigenvalue weighted by Gasteiger charge is 2.17. The normalized spacial score (nSPS) is 11.9. The van der Waals surface area contributed by atoms with Gasteiger partial charge in [0, 0.05) is 40.6 Å². The Morgan fingerprint density at radius 2 is 1.50 bits per heavy atom. The van der Waals surface area contributed by atoms with E-state index in [0.29, 0.717) is 19.9 Å². The molecule has 0 amide bonds. The molecule has 0 bridgehead atoms. The van der Waals surface area contributed by atoms with Crippen LogP contribution < -0.4 is 0 Å². The van der Waals surface area contributed by atoms with Gasteiger partial charge in [-0.1, -0.05) is 35.7 Å². The number of ketones is 1. The first-order chi connectivity index (χ1) is 10.2. The standard InChI is InChI=1S/C14H22N2O3S3/c1-7-19-13(18)12(9-16(5)6)22-14(20)21-11(10(2)17)8-15(3)4/h8-9H,7H2,1-6H3/b11-8+,12-9+. The van der Waals surface area contributed by atoms with Gasteiger partial charge in [0.1, 0.15) is 8.43 Å². The zero-order valence-electron chi connectivity index (χ0n) is 13.7. The zero-order chi connectivity index (χ0) is 17.3. The maximum absolute atomic E-state index is 11.9. The molecule has 0 spiro atoms. The largest absolute Gasteiger partial charge is 0.462 e. The van der Waals surface area contributed by atoms with Gasteiger partial charge in [0.05, 0.1) is 11.5 Å². The highest BCUT2D eigenvalue weighted by molar-refractivity contribution is 8.50. The number of hydrogen-bond acceptors (Lipinski definition) is 8. The number of hydrogen-bond donors (Lipinski definition) is 0. The lowest BCUT2D eigenvalue weighted by Crippen LogP contribution is -2.11. The van der Waals surface area contributed by atoms with Gasteiger partial charge in [-0.2, -0.15) is 0 Å². The molecule has 0 N–H and O–H groups in total. The van der Waals surface area contributed by atoms with E-state index < -0.39 is 5.97 Å². The first kappa shape index (κ1) is 21.0. The lowest BCUT2D eigenvalue weighted by atomic mass is 10.4. The van der Waals surface area contributed by atoms with E-state index >= 15 is 0 Å². The molecule has 0 aromatic rings. The first-order valence-corrected chi connectivity index (χ1v) is 8.55. The molecule has 0 fully saturated rings. The minimum Gasteiger partial charge on any atom is -0.462 e. The third-order valence-electron chi connectivity index (χ3n) is 1.96. The number of carbonyl (C=O) groups is 2. The van der Waals surface area contributed by atoms with E-state index in [4.69, 9.17) is 17.0 Å². The second-order valence-electron chi connectivity index (χ2n) is 4.64. The Balaban J connectivity index is 5.04. The molecule has 0 rings (SSSR count). The van der Waals surface area contributed by atoms with E-state index in [2.05, 4.69) is 0 Å². The molecule has 8 heteroatoms. The molecule has 0 saturated carbocycles. The van der Waals surface area contributed by atoms with Crippen molar-refractivity contribution < 1.29 is 14.3 Å². The molecule has 0 saturated heterocycles. The Labute approximate surface area is 146 Å². The summed E-state index contributed by atoms with van der Waals surface area (Å²) in [5.74, 6) is -0.499. The van der Waals surface area contributed by atoms with Crippen molar-refractivity contribution in [2.45, 2.75) is 13.8 Å². The van der Waals surface area contributed by atoms with Crippen LogP contribution in [0.5, 0.6) is 0 Å². The minimum atomic E-state index is -0.426. The van der Waals surface area contributed by atoms with Crippen LogP contribution in [0, 0.1) is 0 Å². The number of esters is 1. The smallest absolute Gasteiger partial charge is 0.346 e. The van der Waals surface area contributed by atoms with E-state index in [1.54, 1.807) is 29.1 Å². The fraction of sp³-hybridized carbons (Fsp3) is 0.500. The quantitative estimate of drug-likeness (QED) is 0.389. The summed E-state index contributed by atoms with van der Waals surface area (Å²) in [6.07, 6.45) is 3.36. The molecule has 0 heterocycles. The molecule has 0 atom stereocenters. The van der Waals surface area contributed by atoms with E-state index in [0.717, 1.165) is 11.8 Å². The van der Waals surface area contributed by atoms with Crippen molar-refractivity contribution in [3.63, 3.8) is 0 Å². The van der Waals surface area contributed by atoms with Gasteiger partial charge in [0.15, 0.2) is 5.78 Å². The summed E-state index contributed by atoms with van der Waals surface area (Å²) in [6, 6.07) is 0. The lowest BCUT2D eigenvalue weighted by Gasteiger charge is -2.12. The van der Waals surface area contributed by atoms with Crippen LogP contribution >= 0.6 is 35.7 Å². The van der Waals surface area contributed by atoms with Crippen LogP contribution in [-0.2, 0) is 14.3 Å². The lowest BCUT2D eigenvalue weighted by molar-refractivity contribution is -0.137. The van der Waals surface area contributed by atoms with Crippen molar-refractivity contribution in [1.82, 2.24) is 9.80 Å². The maximum Gasteiger partial charge on any atom is 0.346 e. The summed E-state index contributed by atoms with van der Waals surface area (Å²) in [7, 11) is 7.27. The van der Waals surface area contributed by atoms with Crippen molar-refractivity contribution in [3.05, 3.63) is 22.2 Å². The molecule has 0 aromatic carbocycles. The van der Waals surface area contributed by atoms with E-state index in [-0.39, 0.29) is 5.78 Å². The Kier molecular flexibility index (Phi) is 10.2. The third-order valence-corrected chi connectivity index (χ3v) is 4.40. The average Bonchev–Trinajstić information content (AvgIpc) is 2.36. The molecule has 124 valence electrons. The summed E-state index contributed by atoms with van der Waals surface area (Å²) in [5, 5.41) is 0. The monoisotopic (exact) mass is 362 g/mol. The van der Waals surface area contributed by atoms with Gasteiger partial charge in [-0.25, -0.2) is 4.79 Å². The molecule has 0 aromatic heterocycles. The highest BCUT2D eigenvalue weighted by atomic mass is 32.2. The number of ether oxygens (including phenoxy) is 1. The van der Waals surface area contributed by atoms with Crippen LogP contribution in [0.1, 0.15) is 13.8 Å². The number of thioether (sulfide) groups is 2. The molecule has 22 heavy (non-hydrogen) atoms. The van der Waals surface area contributed by atoms with E-state index in [1.165, 1.54) is 18.7 Å². The van der Waals surface area contributed by atoms with Gasteiger partial charge in [0.2, 0.25) is 0 Å². The molecular weight excluding hydrogens is 340 g/mol. The Hall–Kier alpha value is -0.990. The first-order valence-electron chi connectivity index (χ1n) is 6.51. The molecule has 5 nitrogen and oxygen atoms in total. The second-order valence-corrected chi connectivity index (χ2v) is 7.93. The summed E-state index contributed by atoms with van der Waals surface area (Å²) >= 11 is 7.57. The number of thiocarbonyl (C=S) groups is 1. The van der Waals surface area contributed by atoms with Crippen molar-refractivity contribution >= 4 is 51.0 Å². The van der Waals surface area contributed by atoms with Crippen LogP contribution in [0.3, 0.4) is 0 Å². The predicted octanol–water partition coefficient (Wildman–Crippen LogP) is 2.70. The minimum absolute atomic E-state index is 0.0732. The van der Waals surface area contributed by atoms with E-state index in [9.17, 15) is 9.59 Å². The van der Waals surface area contributed by atoms with Gasteiger partial charge in [-0.3, -0.25) is 4.79 Å². The maximum atomic E-state index is 11.9. The second kappa shape index (κ2) is 10.7. The zero-order valence-corrected chi connectivity index (χ0v) is 16.2. The van der Waals surface area contributed by atoms with Crippen LogP contribution in [0.4, 0.5) is 0 Å². The molecule has 0 aliphatic heterocycles. The number of Topliss-reactive ketones (excluding diaryl/α,β-unsaturated/α-hetero) is 1. The topological polar surface area (TPSA) is 49.9 Å². The molecule has 0 aliphatic carbocycles. The van der Waals surface area contributed by atoms with Gasteiger partial charge < -0.3 is 14.5 Å². The van der Waals surface area contributed by atoms with E-state index in [1.807, 2.05) is 28.2 Å². The average molecular weight is 363 g/mol. The van der Waals surface area contributed by atoms with Gasteiger partial charge in [0.25, 0.3) is 0 Å². The highest BCUT2D eigenvalue weighted by Crippen LogP contribution is 2.31. The Bertz CT molecular complexity index is 486. The van der Waals surface area contributed by atoms with Gasteiger partial charge in [-0.05, 0) is 13.8 Å². The number of allylic oxidation sites excluding steroid dienone is 1. The number of nitrogens with zero attached hydrogens (tertiary/aromatic N) is 2. The summed E-state index contributed by atoms with van der Waals surface area (Å²) in [5.41, 5.74) is 0. The molecule has 0 aliphatic rings. The summed E-state index contributed by atoms with van der Waals surface area (Å²) < 4.78 is 5.47. The van der Waals surface area contributed by atoms with Crippen molar-refractivity contribution in [1.29, 1.82) is 0 Å². The van der Waals surface area contributed by atoms with Crippen LogP contribution in [0.25, 0.3) is 0 Å². The fourth-order valence-electron chi connectivity index (χ4n) is 1.18. The molecule has 0 unspecified atom stereocenters. The van der Waals surface area contributed by atoms with Crippen LogP contribution in [-0.4, -0.2) is 59.9 Å². The third kappa shape index (κ3) is 9.11. The fourth-order valence-corrected chi connectivity index (χ4v) is 3.60. The van der Waals surface area contributed by atoms with Gasteiger partial charge >= 0.3 is 5.97 Å². The summed E-state index contributed by atoms with van der Waals surface area (Å²) in [6.45, 7) is 3.53. The number of rotatable bonds is 7. The summed E-state index contributed by atoms with van der Waals surface area (Å²) in [4.78, 5) is 28.0. The SMILES string of the molecule is CCOC(=O)/C(=C\N(C)C)SC(=S)S/C(=C/N(C)C)C(C)=O. The van der Waals surface area contributed by atoms with Crippen molar-refractivity contribution in [3.8, 4) is 0 Å².